The van der Waals surface area contributed by atoms with E-state index in [0.717, 1.165) is 18.5 Å². The first-order valence-corrected chi connectivity index (χ1v) is 7.13. The third kappa shape index (κ3) is 4.17. The third-order valence-electron chi connectivity index (χ3n) is 3.28. The van der Waals surface area contributed by atoms with Crippen molar-refractivity contribution in [2.45, 2.75) is 59.3 Å². The van der Waals surface area contributed by atoms with Crippen LogP contribution in [0.15, 0.2) is 18.2 Å². The maximum absolute atomic E-state index is 11.6. The van der Waals surface area contributed by atoms with Crippen molar-refractivity contribution in [3.05, 3.63) is 29.3 Å². The van der Waals surface area contributed by atoms with Crippen LogP contribution < -0.4 is 5.32 Å². The topological polar surface area (TPSA) is 29.1 Å². The fourth-order valence-electron chi connectivity index (χ4n) is 2.17. The van der Waals surface area contributed by atoms with Crippen LogP contribution in [0.1, 0.15) is 57.6 Å². The van der Waals surface area contributed by atoms with E-state index in [9.17, 15) is 4.79 Å². The van der Waals surface area contributed by atoms with Crippen LogP contribution in [0.3, 0.4) is 0 Å². The Morgan fingerprint density at radius 1 is 1.17 bits per heavy atom. The highest BCUT2D eigenvalue weighted by Gasteiger charge is 2.08. The number of aryl methyl sites for hydroxylation is 1. The maximum Gasteiger partial charge on any atom is 0.224 e. The minimum Gasteiger partial charge on any atom is -0.326 e. The van der Waals surface area contributed by atoms with Crippen LogP contribution in [0.25, 0.3) is 0 Å². The normalized spacial score (nSPS) is 10.4. The Bertz CT molecular complexity index is 385. The maximum atomic E-state index is 11.6. The zero-order valence-electron chi connectivity index (χ0n) is 11.9. The van der Waals surface area contributed by atoms with E-state index in [0.29, 0.717) is 6.42 Å². The molecule has 0 saturated heterocycles. The van der Waals surface area contributed by atoms with Gasteiger partial charge in [0.15, 0.2) is 0 Å². The molecule has 0 aromatic heterocycles. The van der Waals surface area contributed by atoms with Gasteiger partial charge in [-0.2, -0.15) is 0 Å². The molecule has 0 fully saturated rings. The first-order chi connectivity index (χ1) is 8.72. The lowest BCUT2D eigenvalue weighted by molar-refractivity contribution is -0.115. The summed E-state index contributed by atoms with van der Waals surface area (Å²) >= 11 is 0. The average Bonchev–Trinajstić information content (AvgIpc) is 2.40. The van der Waals surface area contributed by atoms with E-state index >= 15 is 0 Å². The smallest absolute Gasteiger partial charge is 0.224 e. The van der Waals surface area contributed by atoms with Crippen molar-refractivity contribution in [1.29, 1.82) is 0 Å². The molecule has 0 aliphatic carbocycles. The zero-order chi connectivity index (χ0) is 13.4. The highest BCUT2D eigenvalue weighted by Crippen LogP contribution is 2.23. The van der Waals surface area contributed by atoms with Crippen molar-refractivity contribution in [3.63, 3.8) is 0 Å². The molecule has 2 heteroatoms. The molecule has 18 heavy (non-hydrogen) atoms. The van der Waals surface area contributed by atoms with Crippen molar-refractivity contribution in [3.8, 4) is 0 Å². The molecule has 0 radical (unpaired) electrons. The monoisotopic (exact) mass is 247 g/mol. The van der Waals surface area contributed by atoms with Crippen LogP contribution in [-0.4, -0.2) is 5.91 Å². The zero-order valence-corrected chi connectivity index (χ0v) is 11.9. The minimum atomic E-state index is 0.0972. The molecule has 1 N–H and O–H groups in total. The van der Waals surface area contributed by atoms with Gasteiger partial charge in [-0.15, -0.1) is 0 Å². The Morgan fingerprint density at radius 3 is 2.56 bits per heavy atom. The van der Waals surface area contributed by atoms with Gasteiger partial charge in [0.05, 0.1) is 0 Å². The molecule has 1 aromatic rings. The van der Waals surface area contributed by atoms with Crippen molar-refractivity contribution in [2.75, 3.05) is 5.32 Å². The lowest BCUT2D eigenvalue weighted by Crippen LogP contribution is -2.12. The van der Waals surface area contributed by atoms with Gasteiger partial charge < -0.3 is 5.32 Å². The molecule has 0 heterocycles. The Morgan fingerprint density at radius 2 is 1.94 bits per heavy atom. The largest absolute Gasteiger partial charge is 0.326 e. The van der Waals surface area contributed by atoms with E-state index in [1.807, 2.05) is 19.1 Å². The van der Waals surface area contributed by atoms with Crippen LogP contribution in [0, 0.1) is 0 Å². The van der Waals surface area contributed by atoms with Crippen molar-refractivity contribution in [1.82, 2.24) is 0 Å². The summed E-state index contributed by atoms with van der Waals surface area (Å²) in [5.41, 5.74) is 3.70. The molecule has 0 saturated carbocycles. The highest BCUT2D eigenvalue weighted by molar-refractivity contribution is 5.91. The molecule has 0 aliphatic heterocycles. The van der Waals surface area contributed by atoms with E-state index in [-0.39, 0.29) is 5.91 Å². The second kappa shape index (κ2) is 7.91. The number of amides is 1. The minimum absolute atomic E-state index is 0.0972. The predicted molar refractivity (Wildman–Crippen MR) is 78.0 cm³/mol. The molecule has 1 aromatic carbocycles. The fourth-order valence-corrected chi connectivity index (χ4v) is 2.17. The molecule has 0 aliphatic rings. The van der Waals surface area contributed by atoms with E-state index < -0.39 is 0 Å². The van der Waals surface area contributed by atoms with Gasteiger partial charge >= 0.3 is 0 Å². The molecule has 0 spiro atoms. The van der Waals surface area contributed by atoms with E-state index in [1.54, 1.807) is 0 Å². The molecule has 0 unspecified atom stereocenters. The summed E-state index contributed by atoms with van der Waals surface area (Å²) in [5, 5.41) is 3.02. The summed E-state index contributed by atoms with van der Waals surface area (Å²) in [5.74, 6) is 0.0972. The van der Waals surface area contributed by atoms with Crippen molar-refractivity contribution in [2.24, 2.45) is 0 Å². The Kier molecular flexibility index (Phi) is 6.48. The van der Waals surface area contributed by atoms with Crippen LogP contribution >= 0.6 is 0 Å². The van der Waals surface area contributed by atoms with Crippen molar-refractivity contribution < 1.29 is 4.79 Å². The first kappa shape index (κ1) is 14.7. The Balaban J connectivity index is 2.89. The van der Waals surface area contributed by atoms with Gasteiger partial charge in [-0.3, -0.25) is 4.79 Å². The number of nitrogens with one attached hydrogen (secondary N) is 1. The van der Waals surface area contributed by atoms with Gasteiger partial charge in [0.2, 0.25) is 5.91 Å². The highest BCUT2D eigenvalue weighted by atomic mass is 16.1. The molecule has 1 rings (SSSR count). The van der Waals surface area contributed by atoms with Gasteiger partial charge in [-0.05, 0) is 36.5 Å². The molecule has 2 nitrogen and oxygen atoms in total. The Hall–Kier alpha value is -1.31. The van der Waals surface area contributed by atoms with E-state index in [4.69, 9.17) is 0 Å². The summed E-state index contributed by atoms with van der Waals surface area (Å²) in [6, 6.07) is 6.23. The lowest BCUT2D eigenvalue weighted by Gasteiger charge is -2.14. The molecular formula is C16H25NO. The van der Waals surface area contributed by atoms with Crippen LogP contribution in [0.2, 0.25) is 0 Å². The predicted octanol–water partition coefficient (Wildman–Crippen LogP) is 4.33. The summed E-state index contributed by atoms with van der Waals surface area (Å²) in [4.78, 5) is 11.6. The molecule has 0 bridgehead atoms. The third-order valence-corrected chi connectivity index (χ3v) is 3.28. The Labute approximate surface area is 111 Å². The van der Waals surface area contributed by atoms with Gasteiger partial charge in [-0.1, -0.05) is 45.7 Å². The number of unbranched alkanes of at least 4 members (excludes halogenated alkanes) is 2. The number of carbonyl (C=O) groups excluding carboxylic acids is 1. The number of benzene rings is 1. The van der Waals surface area contributed by atoms with E-state index in [2.05, 4.69) is 25.2 Å². The molecule has 0 atom stereocenters. The average molecular weight is 247 g/mol. The van der Waals surface area contributed by atoms with Crippen LogP contribution in [0.4, 0.5) is 5.69 Å². The number of carbonyl (C=O) groups is 1. The van der Waals surface area contributed by atoms with Gasteiger partial charge in [-0.25, -0.2) is 0 Å². The summed E-state index contributed by atoms with van der Waals surface area (Å²) in [6.07, 6.45) is 6.30. The SMILES string of the molecule is CCCCCc1c(CC)cccc1NC(=O)CC. The standard InChI is InChI=1S/C16H25NO/c1-4-7-8-11-14-13(5-2)10-9-12-15(14)17-16(18)6-3/h9-10,12H,4-8,11H2,1-3H3,(H,17,18). The molecule has 1 amide bonds. The summed E-state index contributed by atoms with van der Waals surface area (Å²) in [7, 11) is 0. The fraction of sp³-hybridized carbons (Fsp3) is 0.562. The first-order valence-electron chi connectivity index (χ1n) is 7.13. The number of anilines is 1. The lowest BCUT2D eigenvalue weighted by atomic mass is 9.97. The van der Waals surface area contributed by atoms with Gasteiger partial charge in [0, 0.05) is 12.1 Å². The van der Waals surface area contributed by atoms with Crippen LogP contribution in [0.5, 0.6) is 0 Å². The summed E-state index contributed by atoms with van der Waals surface area (Å²) in [6.45, 7) is 6.27. The van der Waals surface area contributed by atoms with E-state index in [1.165, 1.54) is 30.4 Å². The van der Waals surface area contributed by atoms with Crippen molar-refractivity contribution >= 4 is 11.6 Å². The number of hydrogen-bond acceptors (Lipinski definition) is 1. The number of hydrogen-bond donors (Lipinski definition) is 1. The number of rotatable bonds is 7. The second-order valence-electron chi connectivity index (χ2n) is 4.66. The quantitative estimate of drug-likeness (QED) is 0.714. The van der Waals surface area contributed by atoms with Gasteiger partial charge in [0.1, 0.15) is 0 Å². The molecule has 100 valence electrons. The van der Waals surface area contributed by atoms with Gasteiger partial charge in [0.25, 0.3) is 0 Å². The van der Waals surface area contributed by atoms with Crippen LogP contribution in [-0.2, 0) is 17.6 Å². The summed E-state index contributed by atoms with van der Waals surface area (Å²) < 4.78 is 0. The molecular weight excluding hydrogens is 222 g/mol. The second-order valence-corrected chi connectivity index (χ2v) is 4.66.